The van der Waals surface area contributed by atoms with E-state index in [0.29, 0.717) is 22.6 Å². The first kappa shape index (κ1) is 20.2. The molecule has 0 aliphatic carbocycles. The lowest BCUT2D eigenvalue weighted by molar-refractivity contribution is -0.113. The number of ether oxygens (including phenoxy) is 1. The van der Waals surface area contributed by atoms with Gasteiger partial charge in [0.2, 0.25) is 0 Å². The van der Waals surface area contributed by atoms with Gasteiger partial charge < -0.3 is 4.74 Å². The van der Waals surface area contributed by atoms with Crippen LogP contribution in [0.4, 0.5) is 10.1 Å². The van der Waals surface area contributed by atoms with Gasteiger partial charge in [-0.1, -0.05) is 35.9 Å². The highest BCUT2D eigenvalue weighted by Crippen LogP contribution is 2.28. The SMILES string of the molecule is COC(=O)c1ccc(/C=C2/N=C(c3cccc(C)c3)N(c3ccc(F)cc3)C2=O)cc1. The zero-order valence-corrected chi connectivity index (χ0v) is 17.0. The lowest BCUT2D eigenvalue weighted by Crippen LogP contribution is -2.32. The van der Waals surface area contributed by atoms with E-state index in [4.69, 9.17) is 4.74 Å². The van der Waals surface area contributed by atoms with Crippen LogP contribution in [0.2, 0.25) is 0 Å². The standard InChI is InChI=1S/C25H19FN2O3/c1-16-4-3-5-19(14-16)23-27-22(15-17-6-8-18(9-7-17)25(30)31-2)24(29)28(23)21-12-10-20(26)11-13-21/h3-15H,1-2H3/b22-15+. The van der Waals surface area contributed by atoms with Gasteiger partial charge in [0, 0.05) is 5.56 Å². The van der Waals surface area contributed by atoms with E-state index in [1.807, 2.05) is 31.2 Å². The van der Waals surface area contributed by atoms with E-state index in [2.05, 4.69) is 4.99 Å². The third-order valence-electron chi connectivity index (χ3n) is 4.86. The zero-order chi connectivity index (χ0) is 22.0. The molecule has 1 heterocycles. The highest BCUT2D eigenvalue weighted by atomic mass is 19.1. The Morgan fingerprint density at radius 1 is 1.03 bits per heavy atom. The summed E-state index contributed by atoms with van der Waals surface area (Å²) in [5.41, 5.74) is 3.70. The number of amides is 1. The number of rotatable bonds is 4. The van der Waals surface area contributed by atoms with Gasteiger partial charge in [-0.05, 0) is 61.0 Å². The van der Waals surface area contributed by atoms with Crippen LogP contribution in [0, 0.1) is 12.7 Å². The number of aliphatic imine (C=N–C) groups is 1. The van der Waals surface area contributed by atoms with E-state index in [0.717, 1.165) is 11.1 Å². The van der Waals surface area contributed by atoms with Gasteiger partial charge in [0.25, 0.3) is 5.91 Å². The van der Waals surface area contributed by atoms with Gasteiger partial charge >= 0.3 is 5.97 Å². The number of amidine groups is 1. The van der Waals surface area contributed by atoms with Gasteiger partial charge in [-0.25, -0.2) is 14.2 Å². The van der Waals surface area contributed by atoms with Crippen molar-refractivity contribution in [1.82, 2.24) is 0 Å². The summed E-state index contributed by atoms with van der Waals surface area (Å²) in [6.07, 6.45) is 1.66. The van der Waals surface area contributed by atoms with E-state index in [-0.39, 0.29) is 17.4 Å². The lowest BCUT2D eigenvalue weighted by Gasteiger charge is -2.18. The molecule has 0 bridgehead atoms. The van der Waals surface area contributed by atoms with Crippen LogP contribution in [0.1, 0.15) is 27.0 Å². The van der Waals surface area contributed by atoms with Crippen LogP contribution in [0.3, 0.4) is 0 Å². The largest absolute Gasteiger partial charge is 0.465 e. The molecule has 3 aromatic carbocycles. The predicted octanol–water partition coefficient (Wildman–Crippen LogP) is 4.76. The minimum Gasteiger partial charge on any atom is -0.465 e. The van der Waals surface area contributed by atoms with Crippen molar-refractivity contribution in [3.8, 4) is 0 Å². The van der Waals surface area contributed by atoms with Crippen LogP contribution in [0.25, 0.3) is 6.08 Å². The fraction of sp³-hybridized carbons (Fsp3) is 0.0800. The molecule has 31 heavy (non-hydrogen) atoms. The first-order valence-corrected chi connectivity index (χ1v) is 9.62. The van der Waals surface area contributed by atoms with Crippen LogP contribution in [0.15, 0.2) is 83.5 Å². The Labute approximate surface area is 179 Å². The van der Waals surface area contributed by atoms with Crippen molar-refractivity contribution in [2.75, 3.05) is 12.0 Å². The molecule has 1 aliphatic rings. The number of aryl methyl sites for hydroxylation is 1. The van der Waals surface area contributed by atoms with Gasteiger partial charge in [-0.15, -0.1) is 0 Å². The molecule has 0 saturated heterocycles. The van der Waals surface area contributed by atoms with Crippen LogP contribution in [-0.2, 0) is 9.53 Å². The first-order valence-electron chi connectivity index (χ1n) is 9.62. The van der Waals surface area contributed by atoms with Gasteiger partial charge in [0.15, 0.2) is 0 Å². The Kier molecular flexibility index (Phi) is 5.45. The van der Waals surface area contributed by atoms with Crippen LogP contribution >= 0.6 is 0 Å². The molecule has 154 valence electrons. The molecule has 0 fully saturated rings. The van der Waals surface area contributed by atoms with Gasteiger partial charge in [-0.3, -0.25) is 9.69 Å². The molecular formula is C25H19FN2O3. The van der Waals surface area contributed by atoms with E-state index in [1.165, 1.54) is 24.1 Å². The molecule has 6 heteroatoms. The fourth-order valence-corrected chi connectivity index (χ4v) is 3.32. The number of esters is 1. The Bertz CT molecular complexity index is 1210. The first-order chi connectivity index (χ1) is 15.0. The van der Waals surface area contributed by atoms with Crippen molar-refractivity contribution in [1.29, 1.82) is 0 Å². The molecule has 4 rings (SSSR count). The Hall–Kier alpha value is -4.06. The number of benzene rings is 3. The fourth-order valence-electron chi connectivity index (χ4n) is 3.32. The maximum Gasteiger partial charge on any atom is 0.337 e. The number of anilines is 1. The number of halogens is 1. The van der Waals surface area contributed by atoms with Crippen molar-refractivity contribution >= 4 is 29.5 Å². The Balaban J connectivity index is 1.76. The summed E-state index contributed by atoms with van der Waals surface area (Å²) in [4.78, 5) is 31.0. The van der Waals surface area contributed by atoms with E-state index in [9.17, 15) is 14.0 Å². The molecular weight excluding hydrogens is 395 g/mol. The number of methoxy groups -OCH3 is 1. The summed E-state index contributed by atoms with van der Waals surface area (Å²) in [6.45, 7) is 1.96. The molecule has 0 unspecified atom stereocenters. The van der Waals surface area contributed by atoms with E-state index in [1.54, 1.807) is 42.5 Å². The molecule has 0 N–H and O–H groups in total. The summed E-state index contributed by atoms with van der Waals surface area (Å²) in [7, 11) is 1.32. The topological polar surface area (TPSA) is 59.0 Å². The Morgan fingerprint density at radius 3 is 2.39 bits per heavy atom. The highest BCUT2D eigenvalue weighted by Gasteiger charge is 2.32. The zero-order valence-electron chi connectivity index (χ0n) is 17.0. The summed E-state index contributed by atoms with van der Waals surface area (Å²) in [5.74, 6) is -0.665. The summed E-state index contributed by atoms with van der Waals surface area (Å²) in [5, 5.41) is 0. The van der Waals surface area contributed by atoms with E-state index < -0.39 is 5.97 Å². The molecule has 1 amide bonds. The maximum atomic E-state index is 13.4. The predicted molar refractivity (Wildman–Crippen MR) is 117 cm³/mol. The number of hydrogen-bond acceptors (Lipinski definition) is 4. The van der Waals surface area contributed by atoms with Crippen LogP contribution in [-0.4, -0.2) is 24.8 Å². The summed E-state index contributed by atoms with van der Waals surface area (Å²) < 4.78 is 18.2. The molecule has 0 saturated carbocycles. The number of nitrogens with zero attached hydrogens (tertiary/aromatic N) is 2. The highest BCUT2D eigenvalue weighted by molar-refractivity contribution is 6.33. The van der Waals surface area contributed by atoms with Gasteiger partial charge in [0.05, 0.1) is 18.4 Å². The Morgan fingerprint density at radius 2 is 1.74 bits per heavy atom. The van der Waals surface area contributed by atoms with E-state index >= 15 is 0 Å². The van der Waals surface area contributed by atoms with Crippen LogP contribution in [0.5, 0.6) is 0 Å². The second-order valence-corrected chi connectivity index (χ2v) is 7.07. The van der Waals surface area contributed by atoms with Gasteiger partial charge in [0.1, 0.15) is 17.3 Å². The summed E-state index contributed by atoms with van der Waals surface area (Å²) >= 11 is 0. The monoisotopic (exact) mass is 414 g/mol. The van der Waals surface area contributed by atoms with Crippen molar-refractivity contribution in [2.24, 2.45) is 4.99 Å². The summed E-state index contributed by atoms with van der Waals surface area (Å²) in [6, 6.07) is 20.1. The number of carbonyl (C=O) groups is 2. The molecule has 0 atom stereocenters. The molecule has 5 nitrogen and oxygen atoms in total. The normalized spacial score (nSPS) is 14.7. The molecule has 3 aromatic rings. The molecule has 0 aromatic heterocycles. The molecule has 1 aliphatic heterocycles. The third kappa shape index (κ3) is 4.14. The average molecular weight is 414 g/mol. The second kappa shape index (κ2) is 8.36. The second-order valence-electron chi connectivity index (χ2n) is 7.07. The average Bonchev–Trinajstić information content (AvgIpc) is 3.10. The minimum atomic E-state index is -0.432. The van der Waals surface area contributed by atoms with Crippen molar-refractivity contribution < 1.29 is 18.7 Å². The minimum absolute atomic E-state index is 0.242. The third-order valence-corrected chi connectivity index (χ3v) is 4.86. The van der Waals surface area contributed by atoms with Gasteiger partial charge in [-0.2, -0.15) is 0 Å². The van der Waals surface area contributed by atoms with Crippen LogP contribution < -0.4 is 4.90 Å². The number of carbonyl (C=O) groups excluding carboxylic acids is 2. The van der Waals surface area contributed by atoms with Crippen molar-refractivity contribution in [3.05, 3.63) is 107 Å². The van der Waals surface area contributed by atoms with Crippen molar-refractivity contribution in [3.63, 3.8) is 0 Å². The maximum absolute atomic E-state index is 13.4. The molecule has 0 radical (unpaired) electrons. The molecule has 0 spiro atoms. The quantitative estimate of drug-likeness (QED) is 0.457. The lowest BCUT2D eigenvalue weighted by atomic mass is 10.1. The van der Waals surface area contributed by atoms with Crippen molar-refractivity contribution in [2.45, 2.75) is 6.92 Å². The number of hydrogen-bond donors (Lipinski definition) is 0. The smallest absolute Gasteiger partial charge is 0.337 e.